The first kappa shape index (κ1) is 18.2. The Hall–Kier alpha value is -2.59. The minimum atomic E-state index is -0.302. The molecular weight excluding hydrogens is 344 g/mol. The quantitative estimate of drug-likeness (QED) is 0.598. The van der Waals surface area contributed by atoms with Gasteiger partial charge in [0, 0.05) is 5.56 Å². The summed E-state index contributed by atoms with van der Waals surface area (Å²) in [6.45, 7) is 6.08. The lowest BCUT2D eigenvalue weighted by Crippen LogP contribution is -2.00. The van der Waals surface area contributed by atoms with Crippen molar-refractivity contribution in [2.75, 3.05) is 7.11 Å². The Kier molecular flexibility index (Phi) is 5.14. The molecule has 134 valence electrons. The molecule has 0 saturated carbocycles. The number of phenols is 1. The molecule has 0 atom stereocenters. The van der Waals surface area contributed by atoms with Crippen molar-refractivity contribution in [3.63, 3.8) is 0 Å². The van der Waals surface area contributed by atoms with Crippen LogP contribution in [0.15, 0.2) is 41.8 Å². The molecule has 0 aliphatic heterocycles. The maximum atomic E-state index is 12.0. The first-order valence-corrected chi connectivity index (χ1v) is 9.44. The van der Waals surface area contributed by atoms with E-state index in [0.717, 1.165) is 45.4 Å². The molecule has 3 aromatic rings. The number of hydrogen-bond acceptors (Lipinski definition) is 4. The third kappa shape index (κ3) is 3.13. The van der Waals surface area contributed by atoms with Gasteiger partial charge in [0.2, 0.25) is 0 Å². The van der Waals surface area contributed by atoms with E-state index < -0.39 is 0 Å². The second-order valence-electron chi connectivity index (χ2n) is 6.30. The van der Waals surface area contributed by atoms with Crippen molar-refractivity contribution in [1.82, 2.24) is 0 Å². The van der Waals surface area contributed by atoms with Crippen molar-refractivity contribution < 1.29 is 14.6 Å². The molecule has 0 radical (unpaired) electrons. The van der Waals surface area contributed by atoms with Gasteiger partial charge in [-0.1, -0.05) is 36.8 Å². The number of rotatable bonds is 4. The molecule has 3 rings (SSSR count). The van der Waals surface area contributed by atoms with Crippen LogP contribution in [0.4, 0.5) is 0 Å². The summed E-state index contributed by atoms with van der Waals surface area (Å²) in [6.07, 6.45) is 0.821. The second kappa shape index (κ2) is 7.34. The van der Waals surface area contributed by atoms with Gasteiger partial charge in [0.25, 0.3) is 0 Å². The Morgan fingerprint density at radius 2 is 1.77 bits per heavy atom. The van der Waals surface area contributed by atoms with E-state index in [4.69, 9.17) is 4.74 Å². The fourth-order valence-corrected chi connectivity index (χ4v) is 4.32. The van der Waals surface area contributed by atoms with Crippen molar-refractivity contribution in [2.24, 2.45) is 0 Å². The number of thiophene rings is 1. The summed E-state index contributed by atoms with van der Waals surface area (Å²) in [5.74, 6) is -0.0241. The van der Waals surface area contributed by atoms with Crippen LogP contribution in [0.3, 0.4) is 0 Å². The first-order valence-electron chi connectivity index (χ1n) is 8.56. The lowest BCUT2D eigenvalue weighted by molar-refractivity contribution is 0.0605. The Balaban J connectivity index is 2.21. The van der Waals surface area contributed by atoms with Gasteiger partial charge in [-0.05, 0) is 65.6 Å². The zero-order valence-corrected chi connectivity index (χ0v) is 16.2. The van der Waals surface area contributed by atoms with Crippen LogP contribution in [0.1, 0.15) is 33.3 Å². The molecule has 0 saturated heterocycles. The Morgan fingerprint density at radius 3 is 2.42 bits per heavy atom. The smallest absolute Gasteiger partial charge is 0.348 e. The maximum Gasteiger partial charge on any atom is 0.348 e. The van der Waals surface area contributed by atoms with Crippen LogP contribution in [0, 0.1) is 13.8 Å². The number of ether oxygens (including phenoxy) is 1. The molecule has 26 heavy (non-hydrogen) atoms. The lowest BCUT2D eigenvalue weighted by Gasteiger charge is -2.15. The van der Waals surface area contributed by atoms with Gasteiger partial charge in [-0.25, -0.2) is 4.79 Å². The van der Waals surface area contributed by atoms with Gasteiger partial charge >= 0.3 is 5.97 Å². The summed E-state index contributed by atoms with van der Waals surface area (Å²) in [5, 5.41) is 12.4. The number of phenolic OH excluding ortho intramolecular Hbond substituents is 1. The molecule has 0 unspecified atom stereocenters. The number of aromatic hydroxyl groups is 1. The van der Waals surface area contributed by atoms with Crippen molar-refractivity contribution in [3.05, 3.63) is 63.3 Å². The van der Waals surface area contributed by atoms with Crippen LogP contribution in [-0.2, 0) is 11.2 Å². The summed E-state index contributed by atoms with van der Waals surface area (Å²) in [4.78, 5) is 12.6. The standard InChI is InChI=1S/C22H22O3S/c1-5-15-16(18-11-13(2)9-10-20(18)23)7-6-8-17(15)19-12-26-21(14(19)3)22(24)25-4/h6-12,23H,5H2,1-4H3. The van der Waals surface area contributed by atoms with E-state index in [2.05, 4.69) is 13.0 Å². The Morgan fingerprint density at radius 1 is 1.08 bits per heavy atom. The molecule has 4 heteroatoms. The highest BCUT2D eigenvalue weighted by Gasteiger charge is 2.19. The van der Waals surface area contributed by atoms with Gasteiger partial charge in [-0.15, -0.1) is 11.3 Å². The van der Waals surface area contributed by atoms with Crippen molar-refractivity contribution in [1.29, 1.82) is 0 Å². The molecule has 0 fully saturated rings. The summed E-state index contributed by atoms with van der Waals surface area (Å²) >= 11 is 1.41. The number of carbonyl (C=O) groups is 1. The first-order chi connectivity index (χ1) is 12.5. The minimum absolute atomic E-state index is 0.278. The minimum Gasteiger partial charge on any atom is -0.507 e. The molecule has 3 nitrogen and oxygen atoms in total. The number of esters is 1. The van der Waals surface area contributed by atoms with E-state index in [9.17, 15) is 9.90 Å². The van der Waals surface area contributed by atoms with E-state index in [-0.39, 0.29) is 11.7 Å². The average Bonchev–Trinajstić information content (AvgIpc) is 3.03. The predicted molar refractivity (Wildman–Crippen MR) is 107 cm³/mol. The highest BCUT2D eigenvalue weighted by atomic mass is 32.1. The third-order valence-corrected chi connectivity index (χ3v) is 5.73. The van der Waals surface area contributed by atoms with Gasteiger partial charge in [-0.3, -0.25) is 0 Å². The van der Waals surface area contributed by atoms with E-state index >= 15 is 0 Å². The molecule has 0 aliphatic carbocycles. The zero-order valence-electron chi connectivity index (χ0n) is 15.4. The van der Waals surface area contributed by atoms with Gasteiger partial charge in [0.1, 0.15) is 10.6 Å². The van der Waals surface area contributed by atoms with E-state index in [1.54, 1.807) is 6.07 Å². The molecule has 0 spiro atoms. The highest BCUT2D eigenvalue weighted by molar-refractivity contribution is 7.12. The van der Waals surface area contributed by atoms with E-state index in [1.165, 1.54) is 18.4 Å². The van der Waals surface area contributed by atoms with Crippen LogP contribution < -0.4 is 0 Å². The van der Waals surface area contributed by atoms with Crippen LogP contribution in [0.2, 0.25) is 0 Å². The molecule has 0 bridgehead atoms. The molecule has 1 N–H and O–H groups in total. The van der Waals surface area contributed by atoms with Gasteiger partial charge in [0.15, 0.2) is 0 Å². The summed E-state index contributed by atoms with van der Waals surface area (Å²) < 4.78 is 4.88. The second-order valence-corrected chi connectivity index (χ2v) is 7.18. The summed E-state index contributed by atoms with van der Waals surface area (Å²) in [5.41, 5.74) is 7.19. The highest BCUT2D eigenvalue weighted by Crippen LogP contribution is 2.40. The third-order valence-electron chi connectivity index (χ3n) is 4.67. The molecule has 2 aromatic carbocycles. The Bertz CT molecular complexity index is 970. The normalized spacial score (nSPS) is 10.8. The van der Waals surface area contributed by atoms with Crippen LogP contribution in [0.5, 0.6) is 5.75 Å². The molecule has 0 amide bonds. The summed E-state index contributed by atoms with van der Waals surface area (Å²) in [6, 6.07) is 11.8. The van der Waals surface area contributed by atoms with Gasteiger partial charge in [-0.2, -0.15) is 0 Å². The lowest BCUT2D eigenvalue weighted by atomic mass is 9.89. The largest absolute Gasteiger partial charge is 0.507 e. The monoisotopic (exact) mass is 366 g/mol. The van der Waals surface area contributed by atoms with Crippen LogP contribution >= 0.6 is 11.3 Å². The van der Waals surface area contributed by atoms with Gasteiger partial charge < -0.3 is 9.84 Å². The average molecular weight is 366 g/mol. The van der Waals surface area contributed by atoms with E-state index in [0.29, 0.717) is 4.88 Å². The predicted octanol–water partition coefficient (Wildman–Crippen LogP) is 5.75. The van der Waals surface area contributed by atoms with Crippen molar-refractivity contribution in [3.8, 4) is 28.0 Å². The number of carbonyl (C=O) groups excluding carboxylic acids is 1. The van der Waals surface area contributed by atoms with Crippen LogP contribution in [-0.4, -0.2) is 18.2 Å². The SMILES string of the molecule is CCc1c(-c2cc(C)ccc2O)cccc1-c1csc(C(=O)OC)c1C. The molecule has 0 aliphatic rings. The fourth-order valence-electron chi connectivity index (χ4n) is 3.31. The topological polar surface area (TPSA) is 46.5 Å². The van der Waals surface area contributed by atoms with Crippen molar-refractivity contribution in [2.45, 2.75) is 27.2 Å². The maximum absolute atomic E-state index is 12.0. The van der Waals surface area contributed by atoms with Crippen LogP contribution in [0.25, 0.3) is 22.3 Å². The van der Waals surface area contributed by atoms with Gasteiger partial charge in [0.05, 0.1) is 7.11 Å². The molecule has 1 aromatic heterocycles. The number of aryl methyl sites for hydroxylation is 1. The van der Waals surface area contributed by atoms with E-state index in [1.807, 2.05) is 43.5 Å². The zero-order chi connectivity index (χ0) is 18.8. The fraction of sp³-hybridized carbons (Fsp3) is 0.227. The Labute approximate surface area is 157 Å². The summed E-state index contributed by atoms with van der Waals surface area (Å²) in [7, 11) is 1.40. The number of hydrogen-bond donors (Lipinski definition) is 1. The molecular formula is C22H22O3S. The molecule has 1 heterocycles. The van der Waals surface area contributed by atoms with Crippen molar-refractivity contribution >= 4 is 17.3 Å². The number of benzene rings is 2. The number of methoxy groups -OCH3 is 1.